The maximum absolute atomic E-state index is 12.9. The molecular formula is C27H29F3N6OS. The van der Waals surface area contributed by atoms with E-state index < -0.39 is 12.6 Å². The van der Waals surface area contributed by atoms with Gasteiger partial charge in [-0.15, -0.1) is 11.3 Å². The monoisotopic (exact) mass is 542 g/mol. The van der Waals surface area contributed by atoms with Crippen molar-refractivity contribution in [1.82, 2.24) is 14.9 Å². The molecule has 2 aromatic heterocycles. The zero-order valence-electron chi connectivity index (χ0n) is 21.1. The SMILES string of the molecule is CN(CCC(F)(F)F)C(=O)[C@H]1CCc2c(sc3ncnc(Nc4cc5c(cc4N4CCCC4)CN=C5)c23)C1. The van der Waals surface area contributed by atoms with Crippen LogP contribution in [0.2, 0.25) is 0 Å². The van der Waals surface area contributed by atoms with E-state index >= 15 is 0 Å². The van der Waals surface area contributed by atoms with Gasteiger partial charge >= 0.3 is 6.18 Å². The quantitative estimate of drug-likeness (QED) is 0.446. The molecule has 38 heavy (non-hydrogen) atoms. The number of carbonyl (C=O) groups excluding carboxylic acids is 1. The highest BCUT2D eigenvalue weighted by Crippen LogP contribution is 2.42. The molecular weight excluding hydrogens is 513 g/mol. The number of amides is 1. The number of carbonyl (C=O) groups is 1. The van der Waals surface area contributed by atoms with Gasteiger partial charge in [-0.25, -0.2) is 9.97 Å². The summed E-state index contributed by atoms with van der Waals surface area (Å²) < 4.78 is 37.9. The highest BCUT2D eigenvalue weighted by Gasteiger charge is 2.33. The number of hydrogen-bond acceptors (Lipinski definition) is 7. The topological polar surface area (TPSA) is 73.7 Å². The van der Waals surface area contributed by atoms with Crippen molar-refractivity contribution in [3.63, 3.8) is 0 Å². The molecule has 1 amide bonds. The Kier molecular flexibility index (Phi) is 6.49. The first-order chi connectivity index (χ1) is 18.3. The van der Waals surface area contributed by atoms with Crippen LogP contribution in [0, 0.1) is 5.92 Å². The predicted octanol–water partition coefficient (Wildman–Crippen LogP) is 5.48. The minimum absolute atomic E-state index is 0.225. The number of nitrogens with zero attached hydrogens (tertiary/aromatic N) is 5. The third kappa shape index (κ3) is 4.83. The van der Waals surface area contributed by atoms with E-state index in [0.29, 0.717) is 25.8 Å². The molecule has 0 unspecified atom stereocenters. The third-order valence-corrected chi connectivity index (χ3v) is 8.91. The number of benzene rings is 1. The number of rotatable bonds is 6. The lowest BCUT2D eigenvalue weighted by Crippen LogP contribution is -2.37. The van der Waals surface area contributed by atoms with Crippen molar-refractivity contribution in [1.29, 1.82) is 0 Å². The molecule has 11 heteroatoms. The van der Waals surface area contributed by atoms with Gasteiger partial charge in [0.15, 0.2) is 0 Å². The first-order valence-corrected chi connectivity index (χ1v) is 13.8. The summed E-state index contributed by atoms with van der Waals surface area (Å²) in [5.74, 6) is 0.197. The van der Waals surface area contributed by atoms with Crippen molar-refractivity contribution >= 4 is 50.9 Å². The van der Waals surface area contributed by atoms with E-state index in [-0.39, 0.29) is 18.4 Å². The Morgan fingerprint density at radius 2 is 2.05 bits per heavy atom. The van der Waals surface area contributed by atoms with E-state index in [4.69, 9.17) is 0 Å². The summed E-state index contributed by atoms with van der Waals surface area (Å²) in [6, 6.07) is 4.39. The van der Waals surface area contributed by atoms with Gasteiger partial charge in [0.25, 0.3) is 0 Å². The molecule has 0 spiro atoms. The fourth-order valence-electron chi connectivity index (χ4n) is 5.73. The van der Waals surface area contributed by atoms with Gasteiger partial charge in [0.2, 0.25) is 5.91 Å². The summed E-state index contributed by atoms with van der Waals surface area (Å²) in [4.78, 5) is 32.1. The Hall–Kier alpha value is -3.21. The Morgan fingerprint density at radius 1 is 1.24 bits per heavy atom. The van der Waals surface area contributed by atoms with E-state index in [1.165, 1.54) is 30.4 Å². The molecule has 1 saturated heterocycles. The Labute approximate surface area is 222 Å². The van der Waals surface area contributed by atoms with E-state index in [0.717, 1.165) is 56.5 Å². The maximum atomic E-state index is 12.9. The van der Waals surface area contributed by atoms with E-state index in [1.54, 1.807) is 17.7 Å². The molecule has 1 fully saturated rings. The van der Waals surface area contributed by atoms with E-state index in [1.807, 2.05) is 6.21 Å². The molecule has 7 nitrogen and oxygen atoms in total. The normalized spacial score (nSPS) is 18.6. The number of hydrogen-bond donors (Lipinski definition) is 1. The van der Waals surface area contributed by atoms with Crippen LogP contribution in [-0.2, 0) is 24.2 Å². The summed E-state index contributed by atoms with van der Waals surface area (Å²) in [5, 5.41) is 4.59. The molecule has 1 aliphatic carbocycles. The van der Waals surface area contributed by atoms with Gasteiger partial charge in [0.05, 0.1) is 29.7 Å². The highest BCUT2D eigenvalue weighted by atomic mass is 32.1. The molecule has 0 saturated carbocycles. The van der Waals surface area contributed by atoms with Crippen LogP contribution in [0.4, 0.5) is 30.4 Å². The molecule has 3 aromatic rings. The molecule has 6 rings (SSSR count). The van der Waals surface area contributed by atoms with Crippen LogP contribution in [0.25, 0.3) is 10.2 Å². The molecule has 0 bridgehead atoms. The summed E-state index contributed by atoms with van der Waals surface area (Å²) in [7, 11) is 1.46. The Morgan fingerprint density at radius 3 is 2.84 bits per heavy atom. The number of halogens is 3. The minimum Gasteiger partial charge on any atom is -0.370 e. The van der Waals surface area contributed by atoms with Crippen LogP contribution >= 0.6 is 11.3 Å². The molecule has 1 atom stereocenters. The van der Waals surface area contributed by atoms with E-state index in [2.05, 4.69) is 37.3 Å². The zero-order valence-corrected chi connectivity index (χ0v) is 22.0. The minimum atomic E-state index is -4.28. The second-order valence-electron chi connectivity index (χ2n) is 10.3. The van der Waals surface area contributed by atoms with Crippen LogP contribution in [0.3, 0.4) is 0 Å². The van der Waals surface area contributed by atoms with Crippen LogP contribution in [-0.4, -0.2) is 59.8 Å². The van der Waals surface area contributed by atoms with Crippen molar-refractivity contribution in [2.24, 2.45) is 10.9 Å². The van der Waals surface area contributed by atoms with Gasteiger partial charge in [-0.2, -0.15) is 13.2 Å². The number of aromatic nitrogens is 2. The second kappa shape index (κ2) is 9.83. The Bertz CT molecular complexity index is 1410. The molecule has 1 aromatic carbocycles. The number of fused-ring (bicyclic) bond motifs is 4. The maximum Gasteiger partial charge on any atom is 0.390 e. The second-order valence-corrected chi connectivity index (χ2v) is 11.4. The summed E-state index contributed by atoms with van der Waals surface area (Å²) in [6.07, 6.45) is 2.33. The molecule has 1 N–H and O–H groups in total. The number of thiophene rings is 1. The highest BCUT2D eigenvalue weighted by molar-refractivity contribution is 7.19. The number of anilines is 3. The first-order valence-electron chi connectivity index (χ1n) is 13.0. The van der Waals surface area contributed by atoms with Crippen molar-refractivity contribution in [2.45, 2.75) is 51.2 Å². The third-order valence-electron chi connectivity index (χ3n) is 7.75. The first kappa shape index (κ1) is 25.1. The van der Waals surface area contributed by atoms with Crippen LogP contribution < -0.4 is 10.2 Å². The standard InChI is InChI=1S/C27H29F3N6OS/c1-35(9-6-27(28,29)30)26(37)16-4-5-19-22(12-16)38-25-23(19)24(32-15-33-25)34-20-10-17-13-31-14-18(17)11-21(20)36-7-2-3-8-36/h10-11,13,15-16H,2-9,12,14H2,1H3,(H,32,33,34)/t16-/m0/s1. The predicted molar refractivity (Wildman–Crippen MR) is 144 cm³/mol. The fourth-order valence-corrected chi connectivity index (χ4v) is 6.99. The van der Waals surface area contributed by atoms with Crippen molar-refractivity contribution in [3.05, 3.63) is 40.0 Å². The van der Waals surface area contributed by atoms with Gasteiger partial charge < -0.3 is 15.1 Å². The van der Waals surface area contributed by atoms with Gasteiger partial charge in [0.1, 0.15) is 17.0 Å². The Balaban J connectivity index is 1.28. The van der Waals surface area contributed by atoms with Crippen molar-refractivity contribution in [2.75, 3.05) is 36.9 Å². The van der Waals surface area contributed by atoms with Crippen molar-refractivity contribution in [3.8, 4) is 0 Å². The average Bonchev–Trinajstić information content (AvgIpc) is 3.65. The van der Waals surface area contributed by atoms with Crippen LogP contribution in [0.15, 0.2) is 23.5 Å². The molecule has 200 valence electrons. The summed E-state index contributed by atoms with van der Waals surface area (Å²) in [6.45, 7) is 2.43. The summed E-state index contributed by atoms with van der Waals surface area (Å²) in [5.41, 5.74) is 5.64. The van der Waals surface area contributed by atoms with Crippen LogP contribution in [0.1, 0.15) is 47.3 Å². The largest absolute Gasteiger partial charge is 0.390 e. The van der Waals surface area contributed by atoms with Gasteiger partial charge in [0, 0.05) is 43.7 Å². The molecule has 2 aliphatic heterocycles. The van der Waals surface area contributed by atoms with Crippen LogP contribution in [0.5, 0.6) is 0 Å². The average molecular weight is 543 g/mol. The molecule has 0 radical (unpaired) electrons. The number of aliphatic imine (C=N–C) groups is 1. The van der Waals surface area contributed by atoms with Gasteiger partial charge in [-0.05, 0) is 60.9 Å². The molecule has 3 aliphatic rings. The summed E-state index contributed by atoms with van der Waals surface area (Å²) >= 11 is 1.55. The fraction of sp³-hybridized carbons (Fsp3) is 0.481. The number of nitrogens with one attached hydrogen (secondary N) is 1. The van der Waals surface area contributed by atoms with Gasteiger partial charge in [-0.1, -0.05) is 0 Å². The van der Waals surface area contributed by atoms with E-state index in [9.17, 15) is 18.0 Å². The van der Waals surface area contributed by atoms with Gasteiger partial charge in [-0.3, -0.25) is 9.79 Å². The lowest BCUT2D eigenvalue weighted by Gasteiger charge is -2.27. The smallest absolute Gasteiger partial charge is 0.370 e. The van der Waals surface area contributed by atoms with Crippen molar-refractivity contribution < 1.29 is 18.0 Å². The molecule has 4 heterocycles. The zero-order chi connectivity index (χ0) is 26.4. The number of alkyl halides is 3. The lowest BCUT2D eigenvalue weighted by atomic mass is 9.87. The lowest BCUT2D eigenvalue weighted by molar-refractivity contribution is -0.146. The number of aryl methyl sites for hydroxylation is 1.